The summed E-state index contributed by atoms with van der Waals surface area (Å²) >= 11 is 0. The number of nitrogens with zero attached hydrogens (tertiary/aromatic N) is 2. The van der Waals surface area contributed by atoms with Crippen molar-refractivity contribution in [2.24, 2.45) is 0 Å². The average Bonchev–Trinajstić information content (AvgIpc) is 2.94. The number of anilines is 1. The Morgan fingerprint density at radius 2 is 1.62 bits per heavy atom. The van der Waals surface area contributed by atoms with Crippen molar-refractivity contribution in [3.8, 4) is 34.3 Å². The lowest BCUT2D eigenvalue weighted by atomic mass is 10.1. The van der Waals surface area contributed by atoms with E-state index < -0.39 is 17.5 Å². The Kier molecular flexibility index (Phi) is 6.92. The number of pyridine rings is 2. The van der Waals surface area contributed by atoms with Gasteiger partial charge in [0.2, 0.25) is 5.69 Å². The van der Waals surface area contributed by atoms with Gasteiger partial charge in [-0.25, -0.2) is 8.78 Å². The topological polar surface area (TPSA) is 96.6 Å². The highest BCUT2D eigenvalue weighted by Gasteiger charge is 2.21. The number of methoxy groups -OCH3 is 2. The number of hydrogen-bond acceptors (Lipinski definition) is 6. The minimum Gasteiger partial charge on any atom is -0.618 e. The van der Waals surface area contributed by atoms with E-state index in [0.29, 0.717) is 38.4 Å². The van der Waals surface area contributed by atoms with Gasteiger partial charge < -0.3 is 24.7 Å². The van der Waals surface area contributed by atoms with Gasteiger partial charge in [0.15, 0.2) is 23.1 Å². The van der Waals surface area contributed by atoms with E-state index in [9.17, 15) is 14.4 Å². The highest BCUT2D eigenvalue weighted by atomic mass is 19.1. The summed E-state index contributed by atoms with van der Waals surface area (Å²) in [5, 5.41) is 15.9. The predicted molar refractivity (Wildman–Crippen MR) is 140 cm³/mol. The summed E-state index contributed by atoms with van der Waals surface area (Å²) in [6.45, 7) is 0. The summed E-state index contributed by atoms with van der Waals surface area (Å²) in [7, 11) is 3.01. The maximum absolute atomic E-state index is 15.0. The van der Waals surface area contributed by atoms with Crippen LogP contribution in [0.2, 0.25) is 0 Å². The zero-order chi connectivity index (χ0) is 27.5. The minimum atomic E-state index is -0.747. The molecule has 0 unspecified atom stereocenters. The van der Waals surface area contributed by atoms with Crippen LogP contribution in [0.5, 0.6) is 23.0 Å². The highest BCUT2D eigenvalue weighted by Crippen LogP contribution is 2.37. The van der Waals surface area contributed by atoms with Crippen LogP contribution in [-0.4, -0.2) is 25.1 Å². The van der Waals surface area contributed by atoms with Gasteiger partial charge >= 0.3 is 5.91 Å². The molecule has 3 aromatic carbocycles. The first kappa shape index (κ1) is 25.4. The monoisotopic (exact) mass is 529 g/mol. The number of fused-ring (bicyclic) bond motifs is 1. The first-order valence-electron chi connectivity index (χ1n) is 11.7. The Labute approximate surface area is 221 Å². The summed E-state index contributed by atoms with van der Waals surface area (Å²) in [6, 6.07) is 18.5. The fourth-order valence-electron chi connectivity index (χ4n) is 4.01. The molecular weight excluding hydrogens is 508 g/mol. The molecule has 0 aliphatic heterocycles. The van der Waals surface area contributed by atoms with E-state index in [1.54, 1.807) is 18.2 Å². The molecule has 2 heterocycles. The van der Waals surface area contributed by atoms with Crippen LogP contribution in [0.4, 0.5) is 14.5 Å². The molecule has 0 saturated carbocycles. The van der Waals surface area contributed by atoms with E-state index in [-0.39, 0.29) is 22.8 Å². The lowest BCUT2D eigenvalue weighted by molar-refractivity contribution is -0.595. The van der Waals surface area contributed by atoms with Crippen molar-refractivity contribution in [1.82, 2.24) is 4.98 Å². The van der Waals surface area contributed by atoms with E-state index in [4.69, 9.17) is 14.2 Å². The predicted octanol–water partition coefficient (Wildman–Crippen LogP) is 5.88. The number of halogens is 2. The van der Waals surface area contributed by atoms with Crippen molar-refractivity contribution in [1.29, 1.82) is 0 Å². The van der Waals surface area contributed by atoms with Crippen LogP contribution in [0.1, 0.15) is 10.5 Å². The van der Waals surface area contributed by atoms with Gasteiger partial charge in [-0.05, 0) is 54.6 Å². The maximum atomic E-state index is 15.0. The molecule has 5 aromatic rings. The maximum Gasteiger partial charge on any atom is 0.321 e. The van der Waals surface area contributed by atoms with Crippen molar-refractivity contribution >= 4 is 22.5 Å². The molecule has 10 heteroatoms. The van der Waals surface area contributed by atoms with Crippen molar-refractivity contribution in [3.63, 3.8) is 0 Å². The lowest BCUT2D eigenvalue weighted by Crippen LogP contribution is -2.38. The molecule has 0 aliphatic carbocycles. The number of ether oxygens (including phenoxy) is 3. The van der Waals surface area contributed by atoms with Crippen molar-refractivity contribution < 1.29 is 32.5 Å². The molecule has 1 N–H and O–H groups in total. The summed E-state index contributed by atoms with van der Waals surface area (Å²) in [4.78, 5) is 17.1. The number of nitrogens with one attached hydrogen (secondary N) is 1. The summed E-state index contributed by atoms with van der Waals surface area (Å²) in [5.41, 5.74) is 1.06. The molecule has 5 rings (SSSR count). The average molecular weight is 529 g/mol. The van der Waals surface area contributed by atoms with Gasteiger partial charge in [0.05, 0.1) is 19.7 Å². The Balaban J connectivity index is 1.38. The molecule has 0 radical (unpaired) electrons. The number of aromatic nitrogens is 2. The first-order chi connectivity index (χ1) is 18.9. The number of benzene rings is 3. The van der Waals surface area contributed by atoms with E-state index in [2.05, 4.69) is 10.3 Å². The number of hydrogen-bond donors (Lipinski definition) is 1. The number of carbonyl (C=O) groups excluding carboxylic acids is 1. The molecular formula is C29H21F2N3O5. The van der Waals surface area contributed by atoms with Crippen molar-refractivity contribution in [2.45, 2.75) is 0 Å². The quantitative estimate of drug-likeness (QED) is 0.209. The third kappa shape index (κ3) is 5.12. The Bertz CT molecular complexity index is 1690. The minimum absolute atomic E-state index is 0.0903. The van der Waals surface area contributed by atoms with Crippen molar-refractivity contribution in [2.75, 3.05) is 19.5 Å². The van der Waals surface area contributed by atoms with Gasteiger partial charge in [-0.2, -0.15) is 4.73 Å². The zero-order valence-electron chi connectivity index (χ0n) is 20.8. The van der Waals surface area contributed by atoms with E-state index in [0.717, 1.165) is 6.07 Å². The fourth-order valence-corrected chi connectivity index (χ4v) is 4.01. The lowest BCUT2D eigenvalue weighted by Gasteiger charge is -2.13. The number of carbonyl (C=O) groups is 1. The Hall–Kier alpha value is -5.25. The second kappa shape index (κ2) is 10.6. The van der Waals surface area contributed by atoms with Crippen LogP contribution in [0.3, 0.4) is 0 Å². The Morgan fingerprint density at radius 1 is 0.872 bits per heavy atom. The molecule has 0 aliphatic rings. The molecule has 0 spiro atoms. The SMILES string of the molecule is COc1cc2nccc(Oc3ccc(NC(=O)c4cccc(-c5ccc(F)cc5)[n+]4[O-])cc3F)c2cc1OC. The molecule has 0 saturated heterocycles. The third-order valence-corrected chi connectivity index (χ3v) is 5.93. The van der Waals surface area contributed by atoms with Gasteiger partial charge in [-0.3, -0.25) is 9.78 Å². The van der Waals surface area contributed by atoms with Crippen LogP contribution < -0.4 is 24.3 Å². The van der Waals surface area contributed by atoms with Crippen LogP contribution in [0, 0.1) is 16.8 Å². The molecule has 1 amide bonds. The molecule has 0 atom stereocenters. The summed E-state index contributed by atoms with van der Waals surface area (Å²) < 4.78 is 45.2. The summed E-state index contributed by atoms with van der Waals surface area (Å²) in [6.07, 6.45) is 1.52. The van der Waals surface area contributed by atoms with Gasteiger partial charge in [-0.15, -0.1) is 0 Å². The van der Waals surface area contributed by atoms with Crippen LogP contribution in [0.25, 0.3) is 22.2 Å². The highest BCUT2D eigenvalue weighted by molar-refractivity contribution is 6.02. The number of amides is 1. The molecule has 196 valence electrons. The van der Waals surface area contributed by atoms with Crippen LogP contribution in [-0.2, 0) is 0 Å². The molecule has 8 nitrogen and oxygen atoms in total. The molecule has 2 aromatic heterocycles. The molecule has 0 fully saturated rings. The first-order valence-corrected chi connectivity index (χ1v) is 11.7. The molecule has 39 heavy (non-hydrogen) atoms. The number of rotatable bonds is 7. The Morgan fingerprint density at radius 3 is 2.33 bits per heavy atom. The van der Waals surface area contributed by atoms with E-state index >= 15 is 4.39 Å². The zero-order valence-corrected chi connectivity index (χ0v) is 20.8. The van der Waals surface area contributed by atoms with E-state index in [1.807, 2.05) is 0 Å². The van der Waals surface area contributed by atoms with Gasteiger partial charge in [0.1, 0.15) is 11.6 Å². The largest absolute Gasteiger partial charge is 0.618 e. The second-order valence-electron chi connectivity index (χ2n) is 8.33. The van der Waals surface area contributed by atoms with Crippen LogP contribution in [0.15, 0.2) is 85.1 Å². The second-order valence-corrected chi connectivity index (χ2v) is 8.33. The van der Waals surface area contributed by atoms with Gasteiger partial charge in [0, 0.05) is 47.1 Å². The van der Waals surface area contributed by atoms with E-state index in [1.165, 1.54) is 75.0 Å². The normalized spacial score (nSPS) is 10.8. The molecule has 0 bridgehead atoms. The fraction of sp³-hybridized carbons (Fsp3) is 0.0690. The smallest absolute Gasteiger partial charge is 0.321 e. The standard InChI is InChI=1S/C29H21F2N3O5/c1-37-27-15-20-22(16-28(27)38-2)32-13-12-25(20)39-26-11-10-19(14-21(26)31)33-29(35)24-5-3-4-23(34(24)36)17-6-8-18(30)9-7-17/h3-16H,1-2H3,(H,33,35). The third-order valence-electron chi connectivity index (χ3n) is 5.93. The van der Waals surface area contributed by atoms with Crippen LogP contribution >= 0.6 is 0 Å². The van der Waals surface area contributed by atoms with Crippen molar-refractivity contribution in [3.05, 3.63) is 108 Å². The van der Waals surface area contributed by atoms with Gasteiger partial charge in [0.25, 0.3) is 5.69 Å². The van der Waals surface area contributed by atoms with Gasteiger partial charge in [-0.1, -0.05) is 0 Å². The summed E-state index contributed by atoms with van der Waals surface area (Å²) in [5.74, 6) is -0.744.